The highest BCUT2D eigenvalue weighted by molar-refractivity contribution is 5.84. The van der Waals surface area contributed by atoms with E-state index in [1.807, 2.05) is 30.3 Å². The van der Waals surface area contributed by atoms with Crippen molar-refractivity contribution in [2.75, 3.05) is 40.0 Å². The second kappa shape index (κ2) is 11.6. The third-order valence-electron chi connectivity index (χ3n) is 3.59. The van der Waals surface area contributed by atoms with E-state index in [-0.39, 0.29) is 25.5 Å². The molecule has 3 N–H and O–H groups in total. The van der Waals surface area contributed by atoms with Crippen LogP contribution in [-0.2, 0) is 20.7 Å². The van der Waals surface area contributed by atoms with Crippen LogP contribution in [0, 0.1) is 0 Å². The smallest absolute Gasteiger partial charge is 0.328 e. The van der Waals surface area contributed by atoms with Gasteiger partial charge in [0.1, 0.15) is 6.04 Å². The van der Waals surface area contributed by atoms with Gasteiger partial charge in [-0.3, -0.25) is 9.69 Å². The van der Waals surface area contributed by atoms with Gasteiger partial charge >= 0.3 is 5.97 Å². The van der Waals surface area contributed by atoms with Crippen LogP contribution in [0.5, 0.6) is 0 Å². The van der Waals surface area contributed by atoms with Gasteiger partial charge in [0.15, 0.2) is 0 Å². The predicted molar refractivity (Wildman–Crippen MR) is 89.3 cm³/mol. The first-order valence-corrected chi connectivity index (χ1v) is 7.96. The van der Waals surface area contributed by atoms with Gasteiger partial charge in [-0.1, -0.05) is 30.3 Å². The Morgan fingerprint density at radius 1 is 1.12 bits per heavy atom. The first-order valence-electron chi connectivity index (χ1n) is 7.96. The van der Waals surface area contributed by atoms with Gasteiger partial charge in [-0.05, 0) is 5.56 Å². The fourth-order valence-corrected chi connectivity index (χ4v) is 2.33. The molecule has 1 aromatic carbocycles. The summed E-state index contributed by atoms with van der Waals surface area (Å²) in [6.45, 7) is 1.09. The van der Waals surface area contributed by atoms with Crippen molar-refractivity contribution in [1.29, 1.82) is 0 Å². The Hall–Kier alpha value is -1.96. The summed E-state index contributed by atoms with van der Waals surface area (Å²) in [4.78, 5) is 25.8. The Morgan fingerprint density at radius 3 is 2.29 bits per heavy atom. The molecule has 0 aromatic heterocycles. The van der Waals surface area contributed by atoms with E-state index in [0.29, 0.717) is 26.1 Å². The lowest BCUT2D eigenvalue weighted by Crippen LogP contribution is -2.44. The van der Waals surface area contributed by atoms with Crippen LogP contribution < -0.4 is 5.32 Å². The molecule has 0 saturated heterocycles. The molecule has 134 valence electrons. The van der Waals surface area contributed by atoms with Crippen LogP contribution in [0.3, 0.4) is 0 Å². The van der Waals surface area contributed by atoms with E-state index >= 15 is 0 Å². The number of nitrogens with zero attached hydrogens (tertiary/aromatic N) is 1. The average molecular weight is 338 g/mol. The van der Waals surface area contributed by atoms with Crippen molar-refractivity contribution in [1.82, 2.24) is 10.2 Å². The van der Waals surface area contributed by atoms with Gasteiger partial charge in [0.05, 0.1) is 20.3 Å². The van der Waals surface area contributed by atoms with Crippen molar-refractivity contribution in [3.8, 4) is 0 Å². The molecule has 0 aliphatic heterocycles. The summed E-state index contributed by atoms with van der Waals surface area (Å²) in [6.07, 6.45) is 0.526. The third-order valence-corrected chi connectivity index (χ3v) is 3.59. The molecule has 1 atom stereocenters. The van der Waals surface area contributed by atoms with Crippen molar-refractivity contribution in [2.45, 2.75) is 18.9 Å². The Balaban J connectivity index is 2.56. The van der Waals surface area contributed by atoms with Crippen LogP contribution in [-0.4, -0.2) is 73.0 Å². The average Bonchev–Trinajstić information content (AvgIpc) is 2.59. The van der Waals surface area contributed by atoms with E-state index < -0.39 is 12.0 Å². The highest BCUT2D eigenvalue weighted by atomic mass is 16.5. The fourth-order valence-electron chi connectivity index (χ4n) is 2.33. The fraction of sp³-hybridized carbons (Fsp3) is 0.529. The summed E-state index contributed by atoms with van der Waals surface area (Å²) in [5, 5.41) is 20.6. The van der Waals surface area contributed by atoms with Gasteiger partial charge in [0.2, 0.25) is 5.91 Å². The minimum Gasteiger partial charge on any atom is -0.467 e. The summed E-state index contributed by atoms with van der Waals surface area (Å²) in [7, 11) is 1.29. The number of rotatable bonds is 11. The van der Waals surface area contributed by atoms with E-state index in [9.17, 15) is 9.59 Å². The molecule has 24 heavy (non-hydrogen) atoms. The molecule has 1 aromatic rings. The number of aliphatic hydroxyl groups is 2. The van der Waals surface area contributed by atoms with Crippen molar-refractivity contribution >= 4 is 11.9 Å². The number of hydrogen-bond acceptors (Lipinski definition) is 6. The number of carbonyl (C=O) groups is 2. The molecular weight excluding hydrogens is 312 g/mol. The number of methoxy groups -OCH3 is 1. The Morgan fingerprint density at radius 2 is 1.75 bits per heavy atom. The lowest BCUT2D eigenvalue weighted by molar-refractivity contribution is -0.145. The molecule has 0 bridgehead atoms. The number of nitrogens with one attached hydrogen (secondary N) is 1. The van der Waals surface area contributed by atoms with Gasteiger partial charge in [-0.15, -0.1) is 0 Å². The van der Waals surface area contributed by atoms with Gasteiger partial charge < -0.3 is 20.3 Å². The molecule has 0 heterocycles. The van der Waals surface area contributed by atoms with Crippen LogP contribution in [0.2, 0.25) is 0 Å². The van der Waals surface area contributed by atoms with E-state index in [1.54, 1.807) is 4.90 Å². The lowest BCUT2D eigenvalue weighted by Gasteiger charge is -2.21. The number of hydrogen-bond donors (Lipinski definition) is 3. The first-order chi connectivity index (χ1) is 11.6. The van der Waals surface area contributed by atoms with Gasteiger partial charge in [-0.25, -0.2) is 4.79 Å². The number of carbonyl (C=O) groups excluding carboxylic acids is 2. The van der Waals surface area contributed by atoms with Crippen LogP contribution in [0.1, 0.15) is 12.0 Å². The van der Waals surface area contributed by atoms with Gasteiger partial charge in [0, 0.05) is 32.5 Å². The molecule has 7 heteroatoms. The largest absolute Gasteiger partial charge is 0.467 e. The molecule has 1 rings (SSSR count). The first kappa shape index (κ1) is 20.1. The van der Waals surface area contributed by atoms with Crippen molar-refractivity contribution in [2.24, 2.45) is 0 Å². The number of ether oxygens (including phenoxy) is 1. The summed E-state index contributed by atoms with van der Waals surface area (Å²) < 4.78 is 4.76. The third kappa shape index (κ3) is 7.54. The molecule has 0 fully saturated rings. The summed E-state index contributed by atoms with van der Waals surface area (Å²) >= 11 is 0. The standard InChI is InChI=1S/C17H26N2O5/c1-24-17(23)15(13-14-5-3-2-4-6-14)18-16(22)7-8-19(9-11-20)10-12-21/h2-6,15,20-21H,7-13H2,1H3,(H,18,22)/t15-/m0/s1. The minimum absolute atomic E-state index is 0.0413. The molecule has 1 amide bonds. The quantitative estimate of drug-likeness (QED) is 0.473. The number of amides is 1. The van der Waals surface area contributed by atoms with Gasteiger partial charge in [0.25, 0.3) is 0 Å². The molecular formula is C17H26N2O5. The number of aliphatic hydroxyl groups excluding tert-OH is 2. The van der Waals surface area contributed by atoms with E-state index in [4.69, 9.17) is 14.9 Å². The Kier molecular flexibility index (Phi) is 9.67. The molecule has 0 aliphatic rings. The monoisotopic (exact) mass is 338 g/mol. The zero-order valence-electron chi connectivity index (χ0n) is 14.0. The maximum atomic E-state index is 12.1. The normalized spacial score (nSPS) is 12.0. The van der Waals surface area contributed by atoms with Crippen molar-refractivity contribution < 1.29 is 24.5 Å². The second-order valence-corrected chi connectivity index (χ2v) is 5.37. The van der Waals surface area contributed by atoms with E-state index in [1.165, 1.54) is 7.11 Å². The van der Waals surface area contributed by atoms with Crippen molar-refractivity contribution in [3.05, 3.63) is 35.9 Å². The molecule has 0 saturated carbocycles. The summed E-state index contributed by atoms with van der Waals surface area (Å²) in [5.41, 5.74) is 0.926. The SMILES string of the molecule is COC(=O)[C@H](Cc1ccccc1)NC(=O)CCN(CCO)CCO. The predicted octanol–water partition coefficient (Wildman–Crippen LogP) is -0.436. The van der Waals surface area contributed by atoms with Crippen molar-refractivity contribution in [3.63, 3.8) is 0 Å². The molecule has 0 radical (unpaired) electrons. The molecule has 0 aliphatic carbocycles. The lowest BCUT2D eigenvalue weighted by atomic mass is 10.1. The minimum atomic E-state index is -0.742. The second-order valence-electron chi connectivity index (χ2n) is 5.37. The Bertz CT molecular complexity index is 489. The molecule has 0 spiro atoms. The zero-order chi connectivity index (χ0) is 17.8. The van der Waals surface area contributed by atoms with Crippen LogP contribution in [0.15, 0.2) is 30.3 Å². The maximum absolute atomic E-state index is 12.1. The highest BCUT2D eigenvalue weighted by Crippen LogP contribution is 2.05. The van der Waals surface area contributed by atoms with Crippen LogP contribution in [0.25, 0.3) is 0 Å². The van der Waals surface area contributed by atoms with E-state index in [2.05, 4.69) is 5.32 Å². The van der Waals surface area contributed by atoms with Gasteiger partial charge in [-0.2, -0.15) is 0 Å². The highest BCUT2D eigenvalue weighted by Gasteiger charge is 2.22. The van der Waals surface area contributed by atoms with Crippen LogP contribution >= 0.6 is 0 Å². The Labute approximate surface area is 142 Å². The number of benzene rings is 1. The van der Waals surface area contributed by atoms with Crippen LogP contribution in [0.4, 0.5) is 0 Å². The molecule has 0 unspecified atom stereocenters. The summed E-state index contributed by atoms with van der Waals surface area (Å²) in [5.74, 6) is -0.767. The zero-order valence-corrected chi connectivity index (χ0v) is 14.0. The molecule has 7 nitrogen and oxygen atoms in total. The summed E-state index contributed by atoms with van der Waals surface area (Å²) in [6, 6.07) is 8.64. The van der Waals surface area contributed by atoms with E-state index in [0.717, 1.165) is 5.56 Å². The maximum Gasteiger partial charge on any atom is 0.328 e. The topological polar surface area (TPSA) is 99.1 Å². The number of esters is 1.